The molecule has 2 saturated heterocycles. The van der Waals surface area contributed by atoms with Crippen LogP contribution in [-0.4, -0.2) is 74.1 Å². The van der Waals surface area contributed by atoms with E-state index in [-0.39, 0.29) is 30.2 Å². The highest BCUT2D eigenvalue weighted by molar-refractivity contribution is 5.89. The molecule has 2 aliphatic heterocycles. The molecule has 1 aromatic rings. The number of anilines is 1. The Bertz CT molecular complexity index is 672. The van der Waals surface area contributed by atoms with Gasteiger partial charge in [-0.2, -0.15) is 0 Å². The van der Waals surface area contributed by atoms with Gasteiger partial charge in [0.1, 0.15) is 5.82 Å². The molecule has 0 aromatic heterocycles. The van der Waals surface area contributed by atoms with Gasteiger partial charge in [0, 0.05) is 57.9 Å². The standard InChI is InChI=1S/C20H30FN5O2.ClH/c21-17-4-1-5-18(13-17)24-20(28)23-14-16-3-2-9-25(15-16)10-6-19(27)26-11-7-22-8-12-26;/h1,4-5,13,16,22H,2-3,6-12,14-15H2,(H2,23,24,28);1H. The number of nitrogens with one attached hydrogen (secondary N) is 3. The van der Waals surface area contributed by atoms with Crippen LogP contribution in [0.5, 0.6) is 0 Å². The summed E-state index contributed by atoms with van der Waals surface area (Å²) < 4.78 is 13.2. The molecule has 9 heteroatoms. The van der Waals surface area contributed by atoms with E-state index in [1.165, 1.54) is 12.1 Å². The fourth-order valence-corrected chi connectivity index (χ4v) is 3.83. The molecular weight excluding hydrogens is 397 g/mol. The summed E-state index contributed by atoms with van der Waals surface area (Å²) >= 11 is 0. The number of piperazine rings is 1. The summed E-state index contributed by atoms with van der Waals surface area (Å²) in [6.45, 7) is 6.58. The van der Waals surface area contributed by atoms with Crippen LogP contribution in [0.4, 0.5) is 14.9 Å². The van der Waals surface area contributed by atoms with Crippen molar-refractivity contribution in [1.82, 2.24) is 20.4 Å². The Morgan fingerprint density at radius 3 is 2.76 bits per heavy atom. The van der Waals surface area contributed by atoms with E-state index in [4.69, 9.17) is 0 Å². The van der Waals surface area contributed by atoms with Crippen LogP contribution in [0.25, 0.3) is 0 Å². The monoisotopic (exact) mass is 427 g/mol. The van der Waals surface area contributed by atoms with E-state index < -0.39 is 0 Å². The van der Waals surface area contributed by atoms with Crippen LogP contribution in [0.15, 0.2) is 24.3 Å². The van der Waals surface area contributed by atoms with Crippen LogP contribution >= 0.6 is 12.4 Å². The second-order valence-electron chi connectivity index (χ2n) is 7.54. The fraction of sp³-hybridized carbons (Fsp3) is 0.600. The molecule has 2 aliphatic rings. The number of hydrogen-bond donors (Lipinski definition) is 3. The molecule has 2 fully saturated rings. The lowest BCUT2D eigenvalue weighted by Gasteiger charge is -2.33. The topological polar surface area (TPSA) is 76.7 Å². The van der Waals surface area contributed by atoms with Crippen molar-refractivity contribution in [1.29, 1.82) is 0 Å². The van der Waals surface area contributed by atoms with Gasteiger partial charge in [0.25, 0.3) is 0 Å². The average Bonchev–Trinajstić information content (AvgIpc) is 2.71. The number of carbonyl (C=O) groups excluding carboxylic acids is 2. The predicted molar refractivity (Wildman–Crippen MR) is 114 cm³/mol. The van der Waals surface area contributed by atoms with E-state index >= 15 is 0 Å². The molecule has 3 amide bonds. The number of hydrogen-bond acceptors (Lipinski definition) is 4. The van der Waals surface area contributed by atoms with Gasteiger partial charge < -0.3 is 25.8 Å². The second-order valence-corrected chi connectivity index (χ2v) is 7.54. The zero-order valence-corrected chi connectivity index (χ0v) is 17.5. The van der Waals surface area contributed by atoms with Crippen molar-refractivity contribution in [2.45, 2.75) is 19.3 Å². The first kappa shape index (κ1) is 23.4. The van der Waals surface area contributed by atoms with E-state index in [0.717, 1.165) is 58.7 Å². The Morgan fingerprint density at radius 1 is 1.21 bits per heavy atom. The lowest BCUT2D eigenvalue weighted by Crippen LogP contribution is -2.47. The molecule has 1 atom stereocenters. The Kier molecular flexibility index (Phi) is 9.63. The molecule has 2 heterocycles. The second kappa shape index (κ2) is 11.9. The molecule has 3 rings (SSSR count). The van der Waals surface area contributed by atoms with Gasteiger partial charge in [0.05, 0.1) is 0 Å². The van der Waals surface area contributed by atoms with E-state index in [0.29, 0.717) is 24.6 Å². The number of benzene rings is 1. The maximum atomic E-state index is 13.2. The smallest absolute Gasteiger partial charge is 0.319 e. The van der Waals surface area contributed by atoms with Crippen molar-refractivity contribution in [2.75, 3.05) is 57.7 Å². The summed E-state index contributed by atoms with van der Waals surface area (Å²) in [6.07, 6.45) is 2.68. The third-order valence-electron chi connectivity index (χ3n) is 5.35. The molecule has 1 aromatic carbocycles. The third-order valence-corrected chi connectivity index (χ3v) is 5.35. The number of urea groups is 1. The molecule has 0 saturated carbocycles. The van der Waals surface area contributed by atoms with Crippen molar-refractivity contribution in [3.63, 3.8) is 0 Å². The van der Waals surface area contributed by atoms with Gasteiger partial charge in [0.2, 0.25) is 5.91 Å². The van der Waals surface area contributed by atoms with Crippen molar-refractivity contribution < 1.29 is 14.0 Å². The Hall–Kier alpha value is -1.90. The first-order chi connectivity index (χ1) is 13.6. The number of halogens is 2. The molecule has 0 radical (unpaired) electrons. The lowest BCUT2D eigenvalue weighted by atomic mass is 9.98. The van der Waals surface area contributed by atoms with E-state index in [1.54, 1.807) is 12.1 Å². The van der Waals surface area contributed by atoms with Gasteiger partial charge in [-0.05, 0) is 43.5 Å². The SMILES string of the molecule is Cl.O=C(NCC1CCCN(CCC(=O)N2CCNCC2)C1)Nc1cccc(F)c1. The zero-order chi connectivity index (χ0) is 19.8. The number of amides is 3. The number of carbonyl (C=O) groups is 2. The third kappa shape index (κ3) is 7.79. The minimum absolute atomic E-state index is 0. The summed E-state index contributed by atoms with van der Waals surface area (Å²) in [7, 11) is 0. The zero-order valence-electron chi connectivity index (χ0n) is 16.7. The molecule has 162 valence electrons. The maximum Gasteiger partial charge on any atom is 0.319 e. The summed E-state index contributed by atoms with van der Waals surface area (Å²) in [6, 6.07) is 5.52. The Morgan fingerprint density at radius 2 is 2.00 bits per heavy atom. The highest BCUT2D eigenvalue weighted by Gasteiger charge is 2.22. The van der Waals surface area contributed by atoms with Crippen molar-refractivity contribution in [3.05, 3.63) is 30.1 Å². The van der Waals surface area contributed by atoms with Crippen LogP contribution in [0.3, 0.4) is 0 Å². The van der Waals surface area contributed by atoms with Gasteiger partial charge in [0.15, 0.2) is 0 Å². The summed E-state index contributed by atoms with van der Waals surface area (Å²) in [5, 5.41) is 8.79. The van der Waals surface area contributed by atoms with Crippen molar-refractivity contribution >= 4 is 30.0 Å². The van der Waals surface area contributed by atoms with E-state index in [2.05, 4.69) is 20.9 Å². The highest BCUT2D eigenvalue weighted by atomic mass is 35.5. The van der Waals surface area contributed by atoms with Crippen LogP contribution in [0.2, 0.25) is 0 Å². The minimum atomic E-state index is -0.379. The summed E-state index contributed by atoms with van der Waals surface area (Å²) in [5.74, 6) is 0.216. The normalized spacial score (nSPS) is 19.9. The minimum Gasteiger partial charge on any atom is -0.340 e. The van der Waals surface area contributed by atoms with Crippen LogP contribution in [0, 0.1) is 11.7 Å². The number of nitrogens with zero attached hydrogens (tertiary/aromatic N) is 2. The highest BCUT2D eigenvalue weighted by Crippen LogP contribution is 2.16. The van der Waals surface area contributed by atoms with Crippen LogP contribution < -0.4 is 16.0 Å². The van der Waals surface area contributed by atoms with Crippen molar-refractivity contribution in [3.8, 4) is 0 Å². The first-order valence-corrected chi connectivity index (χ1v) is 10.1. The molecular formula is C20H31ClFN5O2. The van der Waals surface area contributed by atoms with Crippen LogP contribution in [-0.2, 0) is 4.79 Å². The Labute approximate surface area is 177 Å². The maximum absolute atomic E-state index is 13.2. The molecule has 3 N–H and O–H groups in total. The van der Waals surface area contributed by atoms with Crippen LogP contribution in [0.1, 0.15) is 19.3 Å². The average molecular weight is 428 g/mol. The molecule has 0 bridgehead atoms. The summed E-state index contributed by atoms with van der Waals surface area (Å²) in [5.41, 5.74) is 0.439. The first-order valence-electron chi connectivity index (χ1n) is 10.1. The molecule has 0 spiro atoms. The lowest BCUT2D eigenvalue weighted by molar-refractivity contribution is -0.132. The van der Waals surface area contributed by atoms with Gasteiger partial charge in [-0.15, -0.1) is 12.4 Å². The number of piperidine rings is 1. The van der Waals surface area contributed by atoms with Gasteiger partial charge in [-0.25, -0.2) is 9.18 Å². The molecule has 0 aliphatic carbocycles. The quantitative estimate of drug-likeness (QED) is 0.648. The number of likely N-dealkylation sites (tertiary alicyclic amines) is 1. The van der Waals surface area contributed by atoms with Gasteiger partial charge in [-0.1, -0.05) is 6.07 Å². The fourth-order valence-electron chi connectivity index (χ4n) is 3.83. The largest absolute Gasteiger partial charge is 0.340 e. The molecule has 29 heavy (non-hydrogen) atoms. The Balaban J connectivity index is 0.00000300. The van der Waals surface area contributed by atoms with Gasteiger partial charge >= 0.3 is 6.03 Å². The van der Waals surface area contributed by atoms with E-state index in [9.17, 15) is 14.0 Å². The number of rotatable bonds is 6. The van der Waals surface area contributed by atoms with Crippen molar-refractivity contribution in [2.24, 2.45) is 5.92 Å². The van der Waals surface area contributed by atoms with Gasteiger partial charge in [-0.3, -0.25) is 4.79 Å². The van der Waals surface area contributed by atoms with E-state index in [1.807, 2.05) is 4.90 Å². The predicted octanol–water partition coefficient (Wildman–Crippen LogP) is 1.90. The summed E-state index contributed by atoms with van der Waals surface area (Å²) in [4.78, 5) is 28.6. The molecule has 7 nitrogen and oxygen atoms in total. The molecule has 1 unspecified atom stereocenters.